The number of hydrogen-bond donors (Lipinski definition) is 3. The molecule has 12 heteroatoms. The van der Waals surface area contributed by atoms with Crippen molar-refractivity contribution >= 4 is 45.4 Å². The normalized spacial score (nSPS) is 11.0. The first kappa shape index (κ1) is 30.5. The average molecular weight is 654 g/mol. The smallest absolute Gasteiger partial charge is 0.251 e. The summed E-state index contributed by atoms with van der Waals surface area (Å²) < 4.78 is 3.98. The molecule has 0 unspecified atom stereocenters. The molecule has 0 fully saturated rings. The summed E-state index contributed by atoms with van der Waals surface area (Å²) in [5.41, 5.74) is 5.89. The van der Waals surface area contributed by atoms with E-state index in [1.54, 1.807) is 30.9 Å². The second-order valence-corrected chi connectivity index (χ2v) is 11.9. The number of rotatable bonds is 12. The number of benzene rings is 3. The van der Waals surface area contributed by atoms with Crippen LogP contribution in [0.4, 0.5) is 17.3 Å². The van der Waals surface area contributed by atoms with Crippen LogP contribution in [0.3, 0.4) is 0 Å². The van der Waals surface area contributed by atoms with Crippen molar-refractivity contribution in [1.82, 2.24) is 34.2 Å². The Kier molecular flexibility index (Phi) is 8.96. The molecule has 0 radical (unpaired) electrons. The highest BCUT2D eigenvalue weighted by atomic mass is 32.1. The molecule has 3 aromatic carbocycles. The number of anilines is 3. The zero-order valence-corrected chi connectivity index (χ0v) is 26.6. The number of hydrogen-bond acceptors (Lipinski definition) is 8. The van der Waals surface area contributed by atoms with Gasteiger partial charge in [0, 0.05) is 65.8 Å². The molecule has 7 rings (SSSR count). The highest BCUT2D eigenvalue weighted by Gasteiger charge is 2.19. The van der Waals surface area contributed by atoms with Gasteiger partial charge in [0.15, 0.2) is 4.96 Å². The van der Waals surface area contributed by atoms with Gasteiger partial charge >= 0.3 is 0 Å². The van der Waals surface area contributed by atoms with Crippen LogP contribution >= 0.6 is 11.3 Å². The molecule has 0 bridgehead atoms. The van der Waals surface area contributed by atoms with Crippen LogP contribution in [0.25, 0.3) is 27.6 Å². The number of carbonyl (C=O) groups excluding carboxylic acids is 2. The fourth-order valence-electron chi connectivity index (χ4n) is 5.37. The Morgan fingerprint density at radius 1 is 0.854 bits per heavy atom. The molecule has 3 N–H and O–H groups in total. The topological polar surface area (TPSA) is 131 Å². The van der Waals surface area contributed by atoms with Crippen molar-refractivity contribution in [2.75, 3.05) is 17.2 Å². The van der Waals surface area contributed by atoms with Crippen LogP contribution in [0.2, 0.25) is 0 Å². The van der Waals surface area contributed by atoms with Gasteiger partial charge in [-0.1, -0.05) is 48.5 Å². The quantitative estimate of drug-likeness (QED) is 0.129. The Bertz CT molecular complexity index is 2170. The fraction of sp³-hybridized carbons (Fsp3) is 0.111. The minimum absolute atomic E-state index is 0.0944. The van der Waals surface area contributed by atoms with Gasteiger partial charge in [-0.2, -0.15) is 0 Å². The van der Waals surface area contributed by atoms with Crippen molar-refractivity contribution in [3.05, 3.63) is 133 Å². The standard InChI is InChI=1S/C36H31N9O2S/c46-31(21-25-7-2-1-3-8-25)40-28-11-4-9-26(22-28)32-33(45-19-20-48-36(45)43-32)30-13-15-39-35(42-30)41-29-12-5-10-27(23-29)34(47)38-14-6-17-44-18-16-37-24-44/h1-5,7-13,15-16,18-20,22-24H,6,14,17,21H2,(H,38,47)(H,40,46)(H,39,41,42). The monoisotopic (exact) mass is 653 g/mol. The van der Waals surface area contributed by atoms with Crippen molar-refractivity contribution < 1.29 is 9.59 Å². The van der Waals surface area contributed by atoms with E-state index in [9.17, 15) is 9.59 Å². The van der Waals surface area contributed by atoms with E-state index in [4.69, 9.17) is 9.97 Å². The molecular formula is C36H31N9O2S. The van der Waals surface area contributed by atoms with Crippen LogP contribution in [0.1, 0.15) is 22.3 Å². The summed E-state index contributed by atoms with van der Waals surface area (Å²) in [6.45, 7) is 1.33. The molecule has 238 valence electrons. The van der Waals surface area contributed by atoms with Gasteiger partial charge in [0.2, 0.25) is 11.9 Å². The van der Waals surface area contributed by atoms with Crippen LogP contribution in [0, 0.1) is 0 Å². The van der Waals surface area contributed by atoms with Gasteiger partial charge < -0.3 is 20.5 Å². The van der Waals surface area contributed by atoms with Crippen molar-refractivity contribution in [3.8, 4) is 22.6 Å². The summed E-state index contributed by atoms with van der Waals surface area (Å²) in [5.74, 6) is 0.132. The SMILES string of the molecule is O=C(Cc1ccccc1)Nc1cccc(-c2nc3sccn3c2-c2ccnc(Nc3cccc(C(=O)NCCCn4ccnc4)c3)n2)c1. The molecular weight excluding hydrogens is 623 g/mol. The summed E-state index contributed by atoms with van der Waals surface area (Å²) in [6, 6.07) is 26.4. The summed E-state index contributed by atoms with van der Waals surface area (Å²) in [5, 5.41) is 11.2. The summed E-state index contributed by atoms with van der Waals surface area (Å²) in [6.07, 6.45) is 10.1. The molecule has 0 aliphatic carbocycles. The lowest BCUT2D eigenvalue weighted by Crippen LogP contribution is -2.25. The van der Waals surface area contributed by atoms with Gasteiger partial charge in [-0.25, -0.2) is 19.9 Å². The van der Waals surface area contributed by atoms with E-state index >= 15 is 0 Å². The Balaban J connectivity index is 1.08. The number of aromatic nitrogens is 6. The van der Waals surface area contributed by atoms with Gasteiger partial charge in [-0.3, -0.25) is 14.0 Å². The summed E-state index contributed by atoms with van der Waals surface area (Å²) in [4.78, 5) is 44.7. The van der Waals surface area contributed by atoms with Crippen molar-refractivity contribution in [2.45, 2.75) is 19.4 Å². The zero-order chi connectivity index (χ0) is 32.7. The van der Waals surface area contributed by atoms with Gasteiger partial charge in [0.05, 0.1) is 24.1 Å². The number of aryl methyl sites for hydroxylation is 1. The third kappa shape index (κ3) is 7.13. The van der Waals surface area contributed by atoms with Crippen molar-refractivity contribution in [3.63, 3.8) is 0 Å². The minimum Gasteiger partial charge on any atom is -0.352 e. The van der Waals surface area contributed by atoms with Crippen LogP contribution < -0.4 is 16.0 Å². The highest BCUT2D eigenvalue weighted by Crippen LogP contribution is 2.35. The Morgan fingerprint density at radius 3 is 2.60 bits per heavy atom. The molecule has 4 aromatic heterocycles. The van der Waals surface area contributed by atoms with Gasteiger partial charge in [0.1, 0.15) is 5.69 Å². The number of amides is 2. The van der Waals surface area contributed by atoms with Crippen LogP contribution in [0.5, 0.6) is 0 Å². The lowest BCUT2D eigenvalue weighted by molar-refractivity contribution is -0.115. The van der Waals surface area contributed by atoms with E-state index in [-0.39, 0.29) is 18.2 Å². The number of fused-ring (bicyclic) bond motifs is 1. The average Bonchev–Trinajstić information content (AvgIpc) is 3.86. The Hall–Kier alpha value is -6.14. The summed E-state index contributed by atoms with van der Waals surface area (Å²) >= 11 is 1.53. The first-order valence-corrected chi connectivity index (χ1v) is 16.3. The minimum atomic E-state index is -0.152. The predicted molar refractivity (Wildman–Crippen MR) is 187 cm³/mol. The molecule has 7 aromatic rings. The lowest BCUT2D eigenvalue weighted by Gasteiger charge is -2.10. The number of nitrogens with one attached hydrogen (secondary N) is 3. The molecule has 0 spiro atoms. The van der Waals surface area contributed by atoms with E-state index < -0.39 is 0 Å². The molecule has 0 aliphatic rings. The molecule has 48 heavy (non-hydrogen) atoms. The second kappa shape index (κ2) is 14.1. The molecule has 0 aliphatic heterocycles. The zero-order valence-electron chi connectivity index (χ0n) is 25.8. The third-order valence-electron chi connectivity index (χ3n) is 7.61. The summed E-state index contributed by atoms with van der Waals surface area (Å²) in [7, 11) is 0. The van der Waals surface area contributed by atoms with E-state index in [1.807, 2.05) is 99.5 Å². The van der Waals surface area contributed by atoms with Crippen LogP contribution in [-0.4, -0.2) is 47.3 Å². The fourth-order valence-corrected chi connectivity index (χ4v) is 6.08. The number of carbonyl (C=O) groups is 2. The van der Waals surface area contributed by atoms with Crippen molar-refractivity contribution in [1.29, 1.82) is 0 Å². The molecule has 2 amide bonds. The lowest BCUT2D eigenvalue weighted by atomic mass is 10.1. The molecule has 11 nitrogen and oxygen atoms in total. The second-order valence-electron chi connectivity index (χ2n) is 11.0. The van der Waals surface area contributed by atoms with E-state index in [2.05, 4.69) is 25.9 Å². The number of thiazole rings is 1. The van der Waals surface area contributed by atoms with Crippen molar-refractivity contribution in [2.24, 2.45) is 0 Å². The van der Waals surface area contributed by atoms with Gasteiger partial charge in [-0.15, -0.1) is 11.3 Å². The van der Waals surface area contributed by atoms with E-state index in [0.717, 1.165) is 40.4 Å². The maximum Gasteiger partial charge on any atom is 0.251 e. The largest absolute Gasteiger partial charge is 0.352 e. The Labute approximate surface area is 280 Å². The van der Waals surface area contributed by atoms with E-state index in [1.165, 1.54) is 11.3 Å². The molecule has 0 saturated heterocycles. The van der Waals surface area contributed by atoms with Crippen LogP contribution in [0.15, 0.2) is 121 Å². The highest BCUT2D eigenvalue weighted by molar-refractivity contribution is 7.15. The Morgan fingerprint density at radius 2 is 1.73 bits per heavy atom. The van der Waals surface area contributed by atoms with E-state index in [0.29, 0.717) is 35.1 Å². The number of imidazole rings is 2. The molecule has 4 heterocycles. The van der Waals surface area contributed by atoms with Gasteiger partial charge in [-0.05, 0) is 48.4 Å². The maximum atomic E-state index is 12.8. The first-order chi connectivity index (χ1) is 23.6. The maximum absolute atomic E-state index is 12.8. The number of nitrogens with zero attached hydrogens (tertiary/aromatic N) is 6. The molecule has 0 saturated carbocycles. The predicted octanol–water partition coefficient (Wildman–Crippen LogP) is 6.46. The third-order valence-corrected chi connectivity index (χ3v) is 8.36. The van der Waals surface area contributed by atoms with Crippen LogP contribution in [-0.2, 0) is 17.8 Å². The first-order valence-electron chi connectivity index (χ1n) is 15.4. The van der Waals surface area contributed by atoms with Gasteiger partial charge in [0.25, 0.3) is 5.91 Å². The molecule has 0 atom stereocenters.